The third-order valence-electron chi connectivity index (χ3n) is 4.73. The summed E-state index contributed by atoms with van der Waals surface area (Å²) in [6, 6.07) is 7.90. The number of benzene rings is 1. The first kappa shape index (κ1) is 21.8. The van der Waals surface area contributed by atoms with Gasteiger partial charge in [0.2, 0.25) is 5.91 Å². The van der Waals surface area contributed by atoms with Crippen molar-refractivity contribution >= 4 is 18.3 Å². The summed E-state index contributed by atoms with van der Waals surface area (Å²) in [5.74, 6) is 2.15. The Morgan fingerprint density at radius 2 is 2.00 bits per heavy atom. The van der Waals surface area contributed by atoms with E-state index in [1.807, 2.05) is 38.1 Å². The van der Waals surface area contributed by atoms with Crippen LogP contribution in [0.5, 0.6) is 5.75 Å². The molecule has 1 aliphatic rings. The van der Waals surface area contributed by atoms with E-state index >= 15 is 0 Å². The van der Waals surface area contributed by atoms with E-state index in [2.05, 4.69) is 24.5 Å². The van der Waals surface area contributed by atoms with E-state index < -0.39 is 5.41 Å². The molecule has 1 unspecified atom stereocenters. The highest BCUT2D eigenvalue weighted by atomic mass is 35.5. The van der Waals surface area contributed by atoms with Crippen LogP contribution in [0.1, 0.15) is 46.1 Å². The Labute approximate surface area is 158 Å². The number of carbonyl (C=O) groups is 1. The fourth-order valence-corrected chi connectivity index (χ4v) is 2.93. The molecule has 1 amide bonds. The zero-order chi connectivity index (χ0) is 17.6. The van der Waals surface area contributed by atoms with Gasteiger partial charge in [-0.3, -0.25) is 4.79 Å². The van der Waals surface area contributed by atoms with Crippen molar-refractivity contribution in [3.63, 3.8) is 0 Å². The van der Waals surface area contributed by atoms with Gasteiger partial charge in [-0.1, -0.05) is 26.0 Å². The van der Waals surface area contributed by atoms with E-state index in [-0.39, 0.29) is 18.3 Å². The Kier molecular flexibility index (Phi) is 8.74. The van der Waals surface area contributed by atoms with Crippen LogP contribution in [0, 0.1) is 11.8 Å². The lowest BCUT2D eigenvalue weighted by atomic mass is 9.83. The number of nitrogens with one attached hydrogen (secondary N) is 2. The van der Waals surface area contributed by atoms with Gasteiger partial charge in [-0.05, 0) is 69.3 Å². The van der Waals surface area contributed by atoms with E-state index in [0.717, 1.165) is 37.4 Å². The molecule has 1 saturated heterocycles. The second kappa shape index (κ2) is 10.0. The van der Waals surface area contributed by atoms with Gasteiger partial charge in [0, 0.05) is 6.54 Å². The monoisotopic (exact) mass is 368 g/mol. The van der Waals surface area contributed by atoms with Gasteiger partial charge in [-0.15, -0.1) is 12.4 Å². The van der Waals surface area contributed by atoms with Gasteiger partial charge in [-0.2, -0.15) is 0 Å². The van der Waals surface area contributed by atoms with Crippen LogP contribution in [0.4, 0.5) is 0 Å². The highest BCUT2D eigenvalue weighted by molar-refractivity contribution is 5.87. The van der Waals surface area contributed by atoms with Crippen LogP contribution in [0.3, 0.4) is 0 Å². The van der Waals surface area contributed by atoms with Crippen LogP contribution in [0.25, 0.3) is 0 Å². The Hall–Kier alpha value is -1.26. The Balaban J connectivity index is 0.00000312. The summed E-state index contributed by atoms with van der Waals surface area (Å²) in [6.45, 7) is 11.9. The number of carbonyl (C=O) groups excluding carboxylic acids is 1. The minimum absolute atomic E-state index is 0. The molecule has 1 heterocycles. The lowest BCUT2D eigenvalue weighted by molar-refractivity contribution is -0.125. The van der Waals surface area contributed by atoms with E-state index in [4.69, 9.17) is 4.74 Å². The largest absolute Gasteiger partial charge is 0.493 e. The maximum absolute atomic E-state index is 12.6. The van der Waals surface area contributed by atoms with Crippen LogP contribution in [0.2, 0.25) is 0 Å². The molecule has 0 aliphatic carbocycles. The number of amides is 1. The summed E-state index contributed by atoms with van der Waals surface area (Å²) in [5, 5.41) is 6.47. The summed E-state index contributed by atoms with van der Waals surface area (Å²) >= 11 is 0. The average molecular weight is 369 g/mol. The van der Waals surface area contributed by atoms with Crippen molar-refractivity contribution < 1.29 is 9.53 Å². The molecule has 0 bridgehead atoms. The van der Waals surface area contributed by atoms with E-state index in [1.54, 1.807) is 0 Å². The predicted octanol–water partition coefficient (Wildman–Crippen LogP) is 3.54. The Bertz CT molecular complexity index is 523. The number of hydrogen-bond donors (Lipinski definition) is 2. The molecular weight excluding hydrogens is 336 g/mol. The number of ether oxygens (including phenoxy) is 1. The quantitative estimate of drug-likeness (QED) is 0.737. The molecule has 1 aliphatic heterocycles. The van der Waals surface area contributed by atoms with Crippen LogP contribution >= 0.6 is 12.4 Å². The maximum atomic E-state index is 12.6. The summed E-state index contributed by atoms with van der Waals surface area (Å²) < 4.78 is 5.71. The molecule has 0 spiro atoms. The van der Waals surface area contributed by atoms with Crippen molar-refractivity contribution in [1.29, 1.82) is 0 Å². The zero-order valence-electron chi connectivity index (χ0n) is 15.9. The lowest BCUT2D eigenvalue weighted by Gasteiger charge is -2.25. The summed E-state index contributed by atoms with van der Waals surface area (Å²) in [5.41, 5.74) is 0.476. The topological polar surface area (TPSA) is 50.4 Å². The predicted molar refractivity (Wildman–Crippen MR) is 106 cm³/mol. The molecule has 142 valence electrons. The van der Waals surface area contributed by atoms with Gasteiger partial charge in [0.25, 0.3) is 0 Å². The van der Waals surface area contributed by atoms with Crippen molar-refractivity contribution in [2.75, 3.05) is 26.2 Å². The molecule has 0 aromatic heterocycles. The highest BCUT2D eigenvalue weighted by Crippen LogP contribution is 2.26. The van der Waals surface area contributed by atoms with Crippen LogP contribution in [-0.4, -0.2) is 32.1 Å². The normalized spacial score (nSPS) is 17.2. The molecule has 5 heteroatoms. The molecule has 1 aromatic carbocycles. The van der Waals surface area contributed by atoms with Crippen molar-refractivity contribution in [2.24, 2.45) is 11.8 Å². The van der Waals surface area contributed by atoms with Crippen molar-refractivity contribution in [3.8, 4) is 5.75 Å². The first-order chi connectivity index (χ1) is 11.4. The maximum Gasteiger partial charge on any atom is 0.230 e. The summed E-state index contributed by atoms with van der Waals surface area (Å²) in [4.78, 5) is 12.6. The molecule has 4 nitrogen and oxygen atoms in total. The SMILES string of the molecule is CC(C)COc1ccc(C(C)(C)C(=O)NCCC2CCNC2)cc1.Cl. The smallest absolute Gasteiger partial charge is 0.230 e. The van der Waals surface area contributed by atoms with Crippen molar-refractivity contribution in [3.05, 3.63) is 29.8 Å². The van der Waals surface area contributed by atoms with Gasteiger partial charge in [0.05, 0.1) is 12.0 Å². The van der Waals surface area contributed by atoms with Gasteiger partial charge in [-0.25, -0.2) is 0 Å². The van der Waals surface area contributed by atoms with Gasteiger partial charge in [0.15, 0.2) is 0 Å². The van der Waals surface area contributed by atoms with E-state index in [0.29, 0.717) is 18.4 Å². The zero-order valence-corrected chi connectivity index (χ0v) is 16.7. The lowest BCUT2D eigenvalue weighted by Crippen LogP contribution is -2.40. The van der Waals surface area contributed by atoms with Gasteiger partial charge in [0.1, 0.15) is 5.75 Å². The Morgan fingerprint density at radius 3 is 2.56 bits per heavy atom. The molecule has 0 radical (unpaired) electrons. The molecule has 25 heavy (non-hydrogen) atoms. The first-order valence-corrected chi connectivity index (χ1v) is 9.12. The van der Waals surface area contributed by atoms with Gasteiger partial charge >= 0.3 is 0 Å². The molecule has 2 N–H and O–H groups in total. The average Bonchev–Trinajstić information content (AvgIpc) is 3.06. The number of halogens is 1. The summed E-state index contributed by atoms with van der Waals surface area (Å²) in [7, 11) is 0. The fraction of sp³-hybridized carbons (Fsp3) is 0.650. The fourth-order valence-electron chi connectivity index (χ4n) is 2.93. The number of rotatable bonds is 8. The molecule has 1 atom stereocenters. The third-order valence-corrected chi connectivity index (χ3v) is 4.73. The van der Waals surface area contributed by atoms with Gasteiger partial charge < -0.3 is 15.4 Å². The molecule has 1 aromatic rings. The minimum atomic E-state index is -0.537. The molecule has 1 fully saturated rings. The second-order valence-corrected chi connectivity index (χ2v) is 7.76. The first-order valence-electron chi connectivity index (χ1n) is 9.12. The summed E-state index contributed by atoms with van der Waals surface area (Å²) in [6.07, 6.45) is 2.27. The molecule has 2 rings (SSSR count). The third kappa shape index (κ3) is 6.52. The standard InChI is InChI=1S/C20H32N2O2.ClH/c1-15(2)14-24-18-7-5-17(6-8-18)20(3,4)19(23)22-12-10-16-9-11-21-13-16;/h5-8,15-16,21H,9-14H2,1-4H3,(H,22,23);1H. The Morgan fingerprint density at radius 1 is 1.32 bits per heavy atom. The van der Waals surface area contributed by atoms with E-state index in [1.165, 1.54) is 6.42 Å². The molecule has 0 saturated carbocycles. The van der Waals surface area contributed by atoms with Crippen molar-refractivity contribution in [1.82, 2.24) is 10.6 Å². The highest BCUT2D eigenvalue weighted by Gasteiger charge is 2.29. The van der Waals surface area contributed by atoms with Crippen LogP contribution < -0.4 is 15.4 Å². The second-order valence-electron chi connectivity index (χ2n) is 7.76. The van der Waals surface area contributed by atoms with Crippen LogP contribution in [0.15, 0.2) is 24.3 Å². The minimum Gasteiger partial charge on any atom is -0.493 e. The molecular formula is C20H33ClN2O2. The van der Waals surface area contributed by atoms with Crippen molar-refractivity contribution in [2.45, 2.75) is 46.0 Å². The van der Waals surface area contributed by atoms with Crippen LogP contribution in [-0.2, 0) is 10.2 Å². The van der Waals surface area contributed by atoms with E-state index in [9.17, 15) is 4.79 Å². The number of hydrogen-bond acceptors (Lipinski definition) is 3.